The van der Waals surface area contributed by atoms with Crippen molar-refractivity contribution in [2.24, 2.45) is 9.98 Å². The molecule has 2 aliphatic heterocycles. The van der Waals surface area contributed by atoms with Crippen LogP contribution in [0.2, 0.25) is 0 Å². The van der Waals surface area contributed by atoms with Crippen LogP contribution in [0.5, 0.6) is 0 Å². The van der Waals surface area contributed by atoms with E-state index in [0.717, 1.165) is 4.48 Å². The van der Waals surface area contributed by atoms with Crippen molar-refractivity contribution in [2.75, 3.05) is 26.3 Å². The van der Waals surface area contributed by atoms with E-state index in [0.29, 0.717) is 38.3 Å². The van der Waals surface area contributed by atoms with Gasteiger partial charge in [-0.2, -0.15) is 0 Å². The van der Waals surface area contributed by atoms with Crippen LogP contribution in [0.1, 0.15) is 6.42 Å². The quantitative estimate of drug-likeness (QED) is 0.397. The number of Topliss-reactive ketones (excluding diaryl/α,β-unsaturated/α-hetero) is 1. The zero-order valence-corrected chi connectivity index (χ0v) is 15.6. The minimum atomic E-state index is -1.27. The van der Waals surface area contributed by atoms with Gasteiger partial charge in [0.2, 0.25) is 5.96 Å². The number of nitrogens with zero attached hydrogens (tertiary/aromatic N) is 3. The second-order valence-electron chi connectivity index (χ2n) is 5.73. The van der Waals surface area contributed by atoms with Gasteiger partial charge in [-0.3, -0.25) is 15.1 Å². The van der Waals surface area contributed by atoms with Gasteiger partial charge in [0.25, 0.3) is 0 Å². The summed E-state index contributed by atoms with van der Waals surface area (Å²) in [4.78, 5) is 22.1. The van der Waals surface area contributed by atoms with E-state index < -0.39 is 17.7 Å². The zero-order valence-electron chi connectivity index (χ0n) is 13.3. The summed E-state index contributed by atoms with van der Waals surface area (Å²) in [7, 11) is 0. The summed E-state index contributed by atoms with van der Waals surface area (Å²) in [5.41, 5.74) is 5.97. The molecule has 0 aromatic rings. The van der Waals surface area contributed by atoms with Crippen LogP contribution in [0.4, 0.5) is 4.39 Å². The van der Waals surface area contributed by atoms with Gasteiger partial charge in [0.05, 0.1) is 13.2 Å². The van der Waals surface area contributed by atoms with Gasteiger partial charge < -0.3 is 10.2 Å². The molecule has 0 bridgehead atoms. The minimum absolute atomic E-state index is 0.164. The van der Waals surface area contributed by atoms with Gasteiger partial charge in [0.1, 0.15) is 11.5 Å². The summed E-state index contributed by atoms with van der Waals surface area (Å²) in [6, 6.07) is 0. The number of ether oxygens (including phenoxy) is 1. The molecular weight excluding hydrogens is 417 g/mol. The molecule has 1 aliphatic carbocycles. The Balaban J connectivity index is 1.62. The van der Waals surface area contributed by atoms with Gasteiger partial charge in [-0.25, -0.2) is 14.4 Å². The van der Waals surface area contributed by atoms with E-state index in [4.69, 9.17) is 16.3 Å². The van der Waals surface area contributed by atoms with Crippen LogP contribution < -0.4 is 10.9 Å². The Morgan fingerprint density at radius 2 is 2.20 bits per heavy atom. The maximum atomic E-state index is 14.1. The molecule has 3 atom stereocenters. The van der Waals surface area contributed by atoms with E-state index in [2.05, 4.69) is 36.8 Å². The largest absolute Gasteiger partial charge is 0.379 e. The first-order chi connectivity index (χ1) is 12.0. The number of ketones is 1. The number of hydrogen-bond donors (Lipinski definition) is 2. The molecule has 10 heteroatoms. The molecule has 3 aliphatic rings. The van der Waals surface area contributed by atoms with Crippen molar-refractivity contribution in [3.8, 4) is 0 Å². The van der Waals surface area contributed by atoms with Crippen molar-refractivity contribution in [1.82, 2.24) is 15.8 Å². The van der Waals surface area contributed by atoms with E-state index in [1.165, 1.54) is 12.4 Å². The zero-order chi connectivity index (χ0) is 17.8. The van der Waals surface area contributed by atoms with Gasteiger partial charge in [-0.15, -0.1) is 11.6 Å². The fourth-order valence-electron chi connectivity index (χ4n) is 2.67. The second-order valence-corrected chi connectivity index (χ2v) is 7.28. The molecule has 0 aromatic heterocycles. The Morgan fingerprint density at radius 3 is 2.96 bits per heavy atom. The number of rotatable bonds is 3. The number of allylic oxidation sites excluding steroid dienone is 3. The molecule has 136 valence electrons. The first kappa shape index (κ1) is 18.5. The number of morpholine rings is 1. The van der Waals surface area contributed by atoms with Crippen molar-refractivity contribution in [1.29, 1.82) is 0 Å². The highest BCUT2D eigenvalue weighted by Gasteiger charge is 2.30. The van der Waals surface area contributed by atoms with Crippen LogP contribution in [0.3, 0.4) is 0 Å². The van der Waals surface area contributed by atoms with E-state index in [9.17, 15) is 9.18 Å². The van der Waals surface area contributed by atoms with E-state index in [1.54, 1.807) is 6.08 Å². The average Bonchev–Trinajstić information content (AvgIpc) is 2.61. The van der Waals surface area contributed by atoms with Crippen LogP contribution in [-0.2, 0) is 9.53 Å². The van der Waals surface area contributed by atoms with Crippen LogP contribution in [-0.4, -0.2) is 66.9 Å². The highest BCUT2D eigenvalue weighted by Crippen LogP contribution is 2.27. The molecular formula is C15H18BrClFN5O2. The van der Waals surface area contributed by atoms with Crippen LogP contribution in [0.25, 0.3) is 0 Å². The van der Waals surface area contributed by atoms with E-state index in [1.807, 2.05) is 4.90 Å². The number of hydrogen-bond acceptors (Lipinski definition) is 7. The van der Waals surface area contributed by atoms with Crippen LogP contribution >= 0.6 is 27.5 Å². The average molecular weight is 435 g/mol. The summed E-state index contributed by atoms with van der Waals surface area (Å²) < 4.78 is 20.2. The van der Waals surface area contributed by atoms with E-state index in [-0.39, 0.29) is 11.7 Å². The van der Waals surface area contributed by atoms with Gasteiger partial charge >= 0.3 is 0 Å². The Bertz CT molecular complexity index is 648. The molecule has 0 spiro atoms. The predicted molar refractivity (Wildman–Crippen MR) is 97.6 cm³/mol. The first-order valence-corrected chi connectivity index (χ1v) is 9.11. The molecule has 0 radical (unpaired) electrons. The third kappa shape index (κ3) is 4.66. The number of hydrazine groups is 1. The molecule has 0 aromatic carbocycles. The molecule has 3 rings (SSSR count). The number of halogens is 3. The molecule has 7 nitrogen and oxygen atoms in total. The summed E-state index contributed by atoms with van der Waals surface area (Å²) in [6.45, 7) is 2.37. The molecule has 3 unspecified atom stereocenters. The standard InChI is InChI=1S/C15H18BrClFN5O2/c16-10-5-9(13(24)11(17)6-10)7-20-22-15-19-8-12(18)14(21-15)23-1-3-25-4-2-23/h5,7-8,11-12,14,20H,1-4,6H2,(H,21,22). The number of carbonyl (C=O) groups is 1. The third-order valence-electron chi connectivity index (χ3n) is 3.97. The smallest absolute Gasteiger partial charge is 0.238 e. The fourth-order valence-corrected chi connectivity index (χ4v) is 3.72. The Labute approximate surface area is 158 Å². The first-order valence-electron chi connectivity index (χ1n) is 7.88. The number of nitrogens with one attached hydrogen (secondary N) is 2. The maximum Gasteiger partial charge on any atom is 0.238 e. The molecule has 0 amide bonds. The molecule has 2 heterocycles. The maximum absolute atomic E-state index is 14.1. The fraction of sp³-hybridized carbons (Fsp3) is 0.533. The van der Waals surface area contributed by atoms with Gasteiger partial charge in [-0.05, 0) is 10.6 Å². The lowest BCUT2D eigenvalue weighted by atomic mass is 10.0. The summed E-state index contributed by atoms with van der Waals surface area (Å²) in [6.07, 6.45) is 2.99. The topological polar surface area (TPSA) is 78.3 Å². The lowest BCUT2D eigenvalue weighted by molar-refractivity contribution is -0.115. The minimum Gasteiger partial charge on any atom is -0.379 e. The van der Waals surface area contributed by atoms with Crippen molar-refractivity contribution >= 4 is 45.5 Å². The molecule has 1 fully saturated rings. The Hall–Kier alpha value is -1.29. The van der Waals surface area contributed by atoms with Crippen molar-refractivity contribution in [3.63, 3.8) is 0 Å². The SMILES string of the molecule is O=C1C(=CNNC2=NC(N3CCOCC3)C(F)C=N2)C=C(Br)CC1Cl. The van der Waals surface area contributed by atoms with Gasteiger partial charge in [0, 0.05) is 37.5 Å². The number of alkyl halides is 2. The molecule has 1 saturated heterocycles. The van der Waals surface area contributed by atoms with Gasteiger partial charge in [0.15, 0.2) is 12.0 Å². The highest BCUT2D eigenvalue weighted by molar-refractivity contribution is 9.11. The summed E-state index contributed by atoms with van der Waals surface area (Å²) >= 11 is 9.35. The van der Waals surface area contributed by atoms with Crippen molar-refractivity contribution < 1.29 is 13.9 Å². The molecule has 2 N–H and O–H groups in total. The molecule has 0 saturated carbocycles. The predicted octanol–water partition coefficient (Wildman–Crippen LogP) is 1.26. The summed E-state index contributed by atoms with van der Waals surface area (Å²) in [5.74, 6) is 0.0826. The third-order valence-corrected chi connectivity index (χ3v) is 4.87. The summed E-state index contributed by atoms with van der Waals surface area (Å²) in [5, 5.41) is -0.588. The van der Waals surface area contributed by atoms with E-state index >= 15 is 0 Å². The number of guanidine groups is 1. The van der Waals surface area contributed by atoms with Crippen LogP contribution in [0, 0.1) is 0 Å². The highest BCUT2D eigenvalue weighted by atomic mass is 79.9. The normalized spacial score (nSPS) is 32.4. The lowest BCUT2D eigenvalue weighted by Gasteiger charge is -2.34. The van der Waals surface area contributed by atoms with Crippen LogP contribution in [0.15, 0.2) is 32.3 Å². The lowest BCUT2D eigenvalue weighted by Crippen LogP contribution is -2.50. The van der Waals surface area contributed by atoms with Gasteiger partial charge in [-0.1, -0.05) is 15.9 Å². The number of aliphatic imine (C=N–C) groups is 2. The molecule has 25 heavy (non-hydrogen) atoms. The second kappa shape index (κ2) is 8.39. The van der Waals surface area contributed by atoms with Crippen molar-refractivity contribution in [3.05, 3.63) is 22.3 Å². The monoisotopic (exact) mass is 433 g/mol. The van der Waals surface area contributed by atoms with Crippen molar-refractivity contribution in [2.45, 2.75) is 24.1 Å². The number of carbonyl (C=O) groups excluding carboxylic acids is 1. The Morgan fingerprint density at radius 1 is 1.44 bits per heavy atom. The Kier molecular flexibility index (Phi) is 6.21.